The van der Waals surface area contributed by atoms with Crippen molar-refractivity contribution in [1.29, 1.82) is 0 Å². The van der Waals surface area contributed by atoms with Crippen molar-refractivity contribution < 1.29 is 136 Å². The van der Waals surface area contributed by atoms with Gasteiger partial charge >= 0.3 is 83.6 Å². The molecule has 390 valence electrons. The van der Waals surface area contributed by atoms with Crippen LogP contribution in [0, 0.1) is 0 Å². The van der Waals surface area contributed by atoms with Gasteiger partial charge in [0.2, 0.25) is 17.7 Å². The van der Waals surface area contributed by atoms with E-state index in [1.165, 1.54) is 7.11 Å². The number of hydrogen-bond acceptors (Lipinski definition) is 25. The number of aliphatic carboxylic acids is 6. The summed E-state index contributed by atoms with van der Waals surface area (Å²) in [6.07, 6.45) is -0.0581. The lowest BCUT2D eigenvalue weighted by Gasteiger charge is -2.16. The molecule has 5 saturated heterocycles. The number of carbonyl (C=O) groups excluding carboxylic acids is 11. The predicted octanol–water partition coefficient (Wildman–Crippen LogP) is -4.77. The second-order valence-corrected chi connectivity index (χ2v) is 13.6. The van der Waals surface area contributed by atoms with Crippen LogP contribution >= 0.6 is 0 Å². The molecule has 0 aromatic rings. The number of cyclic esters (lactones) is 8. The number of imide groups is 1. The molecule has 33 heteroatoms. The first-order chi connectivity index (χ1) is 32.4. The Morgan fingerprint density at radius 3 is 1.20 bits per heavy atom. The Morgan fingerprint density at radius 2 is 0.943 bits per heavy atom. The summed E-state index contributed by atoms with van der Waals surface area (Å²) in [4.78, 5) is 182. The first-order valence-electron chi connectivity index (χ1n) is 19.7. The number of esters is 8. The van der Waals surface area contributed by atoms with E-state index in [2.05, 4.69) is 34.6 Å². The molecule has 5 fully saturated rings. The standard InChI is InChI=1S/C8H7NO5.C8H11NO4.C5H7NO4.2C4H7NO4.C4H6O4.C4H4O3/c10-5-1-2-6(11)9(5)4-3-7(12)14-8(4)13;1-2-3-6(10)9-5-4-7(11)13-8(5)12;1-9-6-3-2-4(7)10-5(3)8;2*5-2(4(8)9)1-3(6)7;5-3(6)1-2-4(7)8;5-3-1-2-4(6)7-3/h4H,1-3H2;5H,2-4H2,1H3,(H,9,10);3,6H,2H2,1H3;2*2H,1,5H2,(H,6,7)(H,8,9);1-2H2,(H,5,6)(H,7,8);1-2H2. The monoisotopic (exact) mass is 1010 g/mol. The van der Waals surface area contributed by atoms with Crippen LogP contribution in [0.5, 0.6) is 0 Å². The molecule has 0 aromatic heterocycles. The van der Waals surface area contributed by atoms with Gasteiger partial charge in [0.1, 0.15) is 30.2 Å². The van der Waals surface area contributed by atoms with Crippen molar-refractivity contribution in [2.75, 3.05) is 7.11 Å². The van der Waals surface area contributed by atoms with E-state index in [0.29, 0.717) is 12.8 Å². The highest BCUT2D eigenvalue weighted by molar-refractivity contribution is 6.08. The molecule has 5 aliphatic heterocycles. The molecule has 0 aromatic carbocycles. The lowest BCUT2D eigenvalue weighted by molar-refractivity contribution is -0.157. The van der Waals surface area contributed by atoms with E-state index in [1.807, 2.05) is 6.92 Å². The minimum absolute atomic E-state index is 0.0473. The molecule has 3 amide bonds. The first-order valence-corrected chi connectivity index (χ1v) is 19.7. The van der Waals surface area contributed by atoms with Gasteiger partial charge in [0.05, 0.1) is 64.9 Å². The van der Waals surface area contributed by atoms with E-state index in [-0.39, 0.29) is 63.7 Å². The van der Waals surface area contributed by atoms with Crippen LogP contribution in [-0.2, 0) is 105 Å². The van der Waals surface area contributed by atoms with Crippen molar-refractivity contribution in [2.45, 2.75) is 121 Å². The molecule has 33 nitrogen and oxygen atoms in total. The molecule has 5 aliphatic rings. The number of ether oxygens (including phenoxy) is 4. The summed E-state index contributed by atoms with van der Waals surface area (Å²) in [5.41, 5.74) is 12.0. The highest BCUT2D eigenvalue weighted by Crippen LogP contribution is 2.22. The number of amides is 3. The zero-order chi connectivity index (χ0) is 54.4. The van der Waals surface area contributed by atoms with Crippen molar-refractivity contribution in [2.24, 2.45) is 11.5 Å². The number of carboxylic acid groups (broad SMARTS) is 6. The molecule has 0 saturated carbocycles. The van der Waals surface area contributed by atoms with Gasteiger partial charge in [-0.05, 0) is 6.42 Å². The number of hydroxylamine groups is 1. The van der Waals surface area contributed by atoms with E-state index in [4.69, 9.17) is 42.1 Å². The van der Waals surface area contributed by atoms with Crippen LogP contribution < -0.4 is 22.3 Å². The van der Waals surface area contributed by atoms with Gasteiger partial charge in [-0.2, -0.15) is 5.48 Å². The van der Waals surface area contributed by atoms with Gasteiger partial charge in [-0.15, -0.1) is 0 Å². The van der Waals surface area contributed by atoms with Gasteiger partial charge < -0.3 is 71.2 Å². The Bertz CT molecular complexity index is 1940. The van der Waals surface area contributed by atoms with Crippen molar-refractivity contribution in [1.82, 2.24) is 15.7 Å². The summed E-state index contributed by atoms with van der Waals surface area (Å²) in [5.74, 6) is -12.8. The minimum Gasteiger partial charge on any atom is -0.481 e. The maximum atomic E-state index is 11.2. The number of nitrogens with one attached hydrogen (secondary N) is 2. The summed E-state index contributed by atoms with van der Waals surface area (Å²) in [7, 11) is 1.37. The fourth-order valence-corrected chi connectivity index (χ4v) is 4.58. The number of nitrogens with two attached hydrogens (primary N) is 2. The molecular formula is C37H49N5O28. The Morgan fingerprint density at radius 1 is 0.557 bits per heavy atom. The smallest absolute Gasteiger partial charge is 0.337 e. The Balaban J connectivity index is 0. The molecule has 0 aliphatic carbocycles. The maximum Gasteiger partial charge on any atom is 0.337 e. The van der Waals surface area contributed by atoms with E-state index < -0.39 is 138 Å². The summed E-state index contributed by atoms with van der Waals surface area (Å²) >= 11 is 0. The Labute approximate surface area is 391 Å². The van der Waals surface area contributed by atoms with Crippen molar-refractivity contribution >= 4 is 101 Å². The van der Waals surface area contributed by atoms with Crippen LogP contribution in [0.3, 0.4) is 0 Å². The lowest BCUT2D eigenvalue weighted by Crippen LogP contribution is -2.42. The third-order valence-electron chi connectivity index (χ3n) is 7.80. The molecular weight excluding hydrogens is 962 g/mol. The fraction of sp³-hybridized carbons (Fsp3) is 0.541. The average Bonchev–Trinajstić information content (AvgIpc) is 4.04. The first kappa shape index (κ1) is 63.9. The van der Waals surface area contributed by atoms with Crippen LogP contribution in [0.15, 0.2) is 0 Å². The molecule has 70 heavy (non-hydrogen) atoms. The van der Waals surface area contributed by atoms with Crippen LogP contribution in [0.25, 0.3) is 0 Å². The topological polar surface area (TPSA) is 537 Å². The lowest BCUT2D eigenvalue weighted by atomic mass is 10.2. The second kappa shape index (κ2) is 33.3. The summed E-state index contributed by atoms with van der Waals surface area (Å²) < 4.78 is 16.8. The van der Waals surface area contributed by atoms with Crippen LogP contribution in [0.4, 0.5) is 0 Å². The van der Waals surface area contributed by atoms with Gasteiger partial charge in [-0.25, -0.2) is 14.4 Å². The van der Waals surface area contributed by atoms with Crippen LogP contribution in [0.2, 0.25) is 0 Å². The zero-order valence-corrected chi connectivity index (χ0v) is 36.8. The van der Waals surface area contributed by atoms with Crippen LogP contribution in [0.1, 0.15) is 90.4 Å². The summed E-state index contributed by atoms with van der Waals surface area (Å²) in [6.45, 7) is 1.86. The molecule has 5 atom stereocenters. The largest absolute Gasteiger partial charge is 0.481 e. The predicted molar refractivity (Wildman–Crippen MR) is 213 cm³/mol. The van der Waals surface area contributed by atoms with E-state index in [0.717, 1.165) is 4.90 Å². The van der Waals surface area contributed by atoms with Crippen molar-refractivity contribution in [3.05, 3.63) is 0 Å². The van der Waals surface area contributed by atoms with Gasteiger partial charge in [0.25, 0.3) is 0 Å². The molecule has 0 radical (unpaired) electrons. The fourth-order valence-electron chi connectivity index (χ4n) is 4.58. The number of likely N-dealkylation sites (tertiary alicyclic amines) is 1. The molecule has 0 spiro atoms. The molecule has 5 unspecified atom stereocenters. The van der Waals surface area contributed by atoms with E-state index in [1.54, 1.807) is 0 Å². The second-order valence-electron chi connectivity index (χ2n) is 13.6. The zero-order valence-electron chi connectivity index (χ0n) is 36.8. The molecule has 5 rings (SSSR count). The van der Waals surface area contributed by atoms with Crippen molar-refractivity contribution in [3.8, 4) is 0 Å². The maximum absolute atomic E-state index is 11.2. The third-order valence-corrected chi connectivity index (χ3v) is 7.80. The number of rotatable bonds is 15. The SMILES string of the molecule is CCCC(=O)NC1CC(=O)OC1=O.CONC1CC(=O)OC1=O.NC(CC(=O)O)C(=O)O.NC(CC(=O)O)C(=O)O.O=C(O)CCC(=O)O.O=C1CC(N2C(=O)CCC2=O)C(=O)O1.O=C1CCC(=O)O1. The van der Waals surface area contributed by atoms with Gasteiger partial charge in [-0.3, -0.25) is 72.0 Å². The van der Waals surface area contributed by atoms with Gasteiger partial charge in [0, 0.05) is 19.3 Å². The minimum atomic E-state index is -1.29. The normalized spacial score (nSPS) is 19.3. The van der Waals surface area contributed by atoms with Gasteiger partial charge in [0.15, 0.2) is 0 Å². The summed E-state index contributed by atoms with van der Waals surface area (Å²) in [6, 6.07) is -5.00. The molecule has 0 bridgehead atoms. The highest BCUT2D eigenvalue weighted by Gasteiger charge is 2.45. The van der Waals surface area contributed by atoms with Gasteiger partial charge in [-0.1, -0.05) is 6.92 Å². The average molecular weight is 1010 g/mol. The van der Waals surface area contributed by atoms with E-state index >= 15 is 0 Å². The highest BCUT2D eigenvalue weighted by atomic mass is 16.6. The van der Waals surface area contributed by atoms with Crippen LogP contribution in [-0.4, -0.2) is 174 Å². The third kappa shape index (κ3) is 28.8. The number of carboxylic acids is 6. The number of carbonyl (C=O) groups is 17. The quantitative estimate of drug-likeness (QED) is 0.0242. The molecule has 5 heterocycles. The number of hydrogen-bond donors (Lipinski definition) is 10. The number of nitrogens with zero attached hydrogens (tertiary/aromatic N) is 1. The molecule has 12 N–H and O–H groups in total. The van der Waals surface area contributed by atoms with Crippen molar-refractivity contribution in [3.63, 3.8) is 0 Å². The summed E-state index contributed by atoms with van der Waals surface area (Å²) in [5, 5.41) is 50.3. The Kier molecular flexibility index (Phi) is 30.4. The van der Waals surface area contributed by atoms with E-state index in [9.17, 15) is 81.5 Å². The Hall–Kier alpha value is -8.17.